The molecule has 4 aromatic rings. The normalized spacial score (nSPS) is 19.5. The molecule has 10 nitrogen and oxygen atoms in total. The minimum Gasteiger partial charge on any atom is -0.383 e. The van der Waals surface area contributed by atoms with Gasteiger partial charge in [0.1, 0.15) is 5.82 Å². The molecule has 1 aliphatic heterocycles. The smallest absolute Gasteiger partial charge is 0.255 e. The van der Waals surface area contributed by atoms with E-state index in [1.165, 1.54) is 5.56 Å². The van der Waals surface area contributed by atoms with Crippen molar-refractivity contribution in [1.29, 1.82) is 0 Å². The van der Waals surface area contributed by atoms with Gasteiger partial charge in [-0.1, -0.05) is 30.3 Å². The molecule has 1 amide bonds. The number of pyridine rings is 2. The number of likely N-dealkylation sites (N-methyl/N-ethyl adjacent to an activating group) is 1. The number of carbonyl (C=O) groups excluding carboxylic acids is 1. The molecule has 1 aliphatic carbocycles. The summed E-state index contributed by atoms with van der Waals surface area (Å²) in [5, 5.41) is 7.36. The third kappa shape index (κ3) is 7.10. The second kappa shape index (κ2) is 13.0. The summed E-state index contributed by atoms with van der Waals surface area (Å²) >= 11 is 0. The third-order valence-corrected chi connectivity index (χ3v) is 8.51. The predicted octanol–water partition coefficient (Wildman–Crippen LogP) is 3.74. The molecular weight excluding hydrogens is 540 g/mol. The van der Waals surface area contributed by atoms with E-state index in [-0.39, 0.29) is 23.9 Å². The zero-order valence-corrected chi connectivity index (χ0v) is 24.9. The summed E-state index contributed by atoms with van der Waals surface area (Å²) in [6.45, 7) is 5.86. The molecule has 2 atom stereocenters. The van der Waals surface area contributed by atoms with Crippen molar-refractivity contribution in [3.05, 3.63) is 83.9 Å². The van der Waals surface area contributed by atoms with Gasteiger partial charge < -0.3 is 20.7 Å². The zero-order chi connectivity index (χ0) is 29.8. The molecule has 0 radical (unpaired) electrons. The maximum Gasteiger partial charge on any atom is 0.255 e. The molecule has 4 heterocycles. The fraction of sp³-hybridized carbons (Fsp3) is 0.394. The molecule has 1 unspecified atom stereocenters. The van der Waals surface area contributed by atoms with Crippen LogP contribution < -0.4 is 11.1 Å². The van der Waals surface area contributed by atoms with Crippen LogP contribution in [0.3, 0.4) is 0 Å². The van der Waals surface area contributed by atoms with Crippen LogP contribution in [-0.4, -0.2) is 80.8 Å². The monoisotopic (exact) mass is 580 g/mol. The summed E-state index contributed by atoms with van der Waals surface area (Å²) in [6.07, 6.45) is 9.98. The van der Waals surface area contributed by atoms with E-state index in [0.29, 0.717) is 12.2 Å². The summed E-state index contributed by atoms with van der Waals surface area (Å²) in [6, 6.07) is 14.4. The Balaban J connectivity index is 1.02. The number of aryl methyl sites for hydroxylation is 1. The number of rotatable bonds is 9. The topological polar surface area (TPSA) is 114 Å². The fourth-order valence-corrected chi connectivity index (χ4v) is 5.85. The van der Waals surface area contributed by atoms with Gasteiger partial charge in [-0.15, -0.1) is 0 Å². The number of benzene rings is 1. The number of hydrogen-bond donors (Lipinski definition) is 2. The van der Waals surface area contributed by atoms with Crippen molar-refractivity contribution in [2.45, 2.75) is 44.6 Å². The van der Waals surface area contributed by atoms with Crippen LogP contribution >= 0.6 is 0 Å². The van der Waals surface area contributed by atoms with Crippen LogP contribution in [0.25, 0.3) is 22.4 Å². The van der Waals surface area contributed by atoms with E-state index >= 15 is 0 Å². The highest BCUT2D eigenvalue weighted by Crippen LogP contribution is 2.26. The van der Waals surface area contributed by atoms with Crippen LogP contribution in [0.5, 0.6) is 0 Å². The number of ether oxygens (including phenoxy) is 1. The number of hydrogen-bond acceptors (Lipinski definition) is 8. The number of piperazine rings is 1. The van der Waals surface area contributed by atoms with E-state index in [9.17, 15) is 4.79 Å². The van der Waals surface area contributed by atoms with E-state index in [2.05, 4.69) is 68.6 Å². The summed E-state index contributed by atoms with van der Waals surface area (Å²) < 4.78 is 8.02. The van der Waals surface area contributed by atoms with Crippen molar-refractivity contribution in [3.8, 4) is 22.4 Å². The molecule has 1 aromatic carbocycles. The van der Waals surface area contributed by atoms with E-state index < -0.39 is 0 Å². The van der Waals surface area contributed by atoms with Gasteiger partial charge in [0.2, 0.25) is 0 Å². The number of amides is 1. The third-order valence-electron chi connectivity index (χ3n) is 8.51. The van der Waals surface area contributed by atoms with Crippen molar-refractivity contribution < 1.29 is 9.53 Å². The first-order valence-electron chi connectivity index (χ1n) is 15.0. The van der Waals surface area contributed by atoms with E-state index in [4.69, 9.17) is 15.5 Å². The Morgan fingerprint density at radius 1 is 0.930 bits per heavy atom. The Bertz CT molecular complexity index is 1530. The molecule has 0 bridgehead atoms. The van der Waals surface area contributed by atoms with Crippen LogP contribution in [0, 0.1) is 0 Å². The quantitative estimate of drug-likeness (QED) is 0.308. The number of nitrogens with one attached hydrogen (secondary N) is 1. The molecule has 1 saturated heterocycles. The average Bonchev–Trinajstić information content (AvgIpc) is 3.66. The van der Waals surface area contributed by atoms with E-state index in [0.717, 1.165) is 79.9 Å². The molecular formula is C33H40N8O2. The van der Waals surface area contributed by atoms with Crippen LogP contribution in [0.2, 0.25) is 0 Å². The molecule has 1 saturated carbocycles. The van der Waals surface area contributed by atoms with Gasteiger partial charge in [-0.3, -0.25) is 19.4 Å². The molecule has 0 spiro atoms. The van der Waals surface area contributed by atoms with Gasteiger partial charge in [-0.05, 0) is 49.6 Å². The number of nitrogens with zero attached hydrogens (tertiary/aromatic N) is 6. The summed E-state index contributed by atoms with van der Waals surface area (Å²) in [7, 11) is 4.03. The standard InChI is InChI=1S/C33H40N8O2/c1-39-12-14-41(15-13-39)20-24-8-11-29(35-17-24)25-9-6-23(7-10-25)22-43-31-5-3-4-30(31)38-33(42)28-16-26(18-36-32(28)34)27-19-37-40(2)21-27/h6-11,16-19,21,30-31H,3-5,12-15,20,22H2,1-2H3,(H2,34,36)(H,38,42)/t30?,31-/m0/s1. The van der Waals surface area contributed by atoms with Crippen molar-refractivity contribution in [2.24, 2.45) is 7.05 Å². The minimum absolute atomic E-state index is 0.0613. The summed E-state index contributed by atoms with van der Waals surface area (Å²) in [5.74, 6) is -0.0255. The number of nitrogens with two attached hydrogens (primary N) is 1. The first kappa shape index (κ1) is 29.0. The van der Waals surface area contributed by atoms with Gasteiger partial charge in [-0.2, -0.15) is 5.10 Å². The Morgan fingerprint density at radius 3 is 2.44 bits per heavy atom. The Labute approximate surface area is 252 Å². The predicted molar refractivity (Wildman–Crippen MR) is 167 cm³/mol. The second-order valence-electron chi connectivity index (χ2n) is 11.7. The molecule has 3 N–H and O–H groups in total. The van der Waals surface area contributed by atoms with E-state index in [1.54, 1.807) is 23.1 Å². The Morgan fingerprint density at radius 2 is 1.72 bits per heavy atom. The molecule has 2 aliphatic rings. The van der Waals surface area contributed by atoms with Gasteiger partial charge >= 0.3 is 0 Å². The first-order valence-corrected chi connectivity index (χ1v) is 15.0. The molecule has 43 heavy (non-hydrogen) atoms. The largest absolute Gasteiger partial charge is 0.383 e. The lowest BCUT2D eigenvalue weighted by Gasteiger charge is -2.32. The average molecular weight is 581 g/mol. The van der Waals surface area contributed by atoms with Gasteiger partial charge in [0.15, 0.2) is 0 Å². The highest BCUT2D eigenvalue weighted by Gasteiger charge is 2.30. The molecule has 6 rings (SSSR count). The van der Waals surface area contributed by atoms with Crippen LogP contribution in [-0.2, 0) is 24.9 Å². The Kier molecular flexibility index (Phi) is 8.78. The van der Waals surface area contributed by atoms with Crippen LogP contribution in [0.4, 0.5) is 5.82 Å². The van der Waals surface area contributed by atoms with Crippen LogP contribution in [0.15, 0.2) is 67.3 Å². The second-order valence-corrected chi connectivity index (χ2v) is 11.7. The number of anilines is 1. The highest BCUT2D eigenvalue weighted by atomic mass is 16.5. The van der Waals surface area contributed by atoms with Gasteiger partial charge in [0, 0.05) is 75.1 Å². The lowest BCUT2D eigenvalue weighted by molar-refractivity contribution is 0.0272. The van der Waals surface area contributed by atoms with Crippen molar-refractivity contribution in [2.75, 3.05) is 39.0 Å². The number of nitrogen functional groups attached to an aromatic ring is 1. The van der Waals surface area contributed by atoms with E-state index in [1.807, 2.05) is 19.4 Å². The molecule has 3 aromatic heterocycles. The lowest BCUT2D eigenvalue weighted by atomic mass is 10.1. The molecule has 2 fully saturated rings. The first-order chi connectivity index (χ1) is 20.9. The SMILES string of the molecule is CN1CCN(Cc2ccc(-c3ccc(CO[C@H]4CCCC4NC(=O)c4cc(-c5cnn(C)c5)cnc4N)cc3)nc2)CC1. The number of aromatic nitrogens is 4. The maximum absolute atomic E-state index is 13.2. The summed E-state index contributed by atoms with van der Waals surface area (Å²) in [5.41, 5.74) is 12.5. The van der Waals surface area contributed by atoms with Crippen molar-refractivity contribution in [1.82, 2.24) is 34.9 Å². The summed E-state index contributed by atoms with van der Waals surface area (Å²) in [4.78, 5) is 27.1. The van der Waals surface area contributed by atoms with Crippen LogP contribution in [0.1, 0.15) is 40.7 Å². The lowest BCUT2D eigenvalue weighted by Crippen LogP contribution is -2.43. The highest BCUT2D eigenvalue weighted by molar-refractivity contribution is 5.99. The van der Waals surface area contributed by atoms with Gasteiger partial charge in [0.05, 0.1) is 36.2 Å². The zero-order valence-electron chi connectivity index (χ0n) is 24.9. The van der Waals surface area contributed by atoms with Crippen molar-refractivity contribution in [3.63, 3.8) is 0 Å². The van der Waals surface area contributed by atoms with Crippen molar-refractivity contribution >= 4 is 11.7 Å². The maximum atomic E-state index is 13.2. The number of carbonyl (C=O) groups is 1. The van der Waals surface area contributed by atoms with Gasteiger partial charge in [-0.25, -0.2) is 4.98 Å². The molecule has 224 valence electrons. The Hall–Kier alpha value is -4.12. The fourth-order valence-electron chi connectivity index (χ4n) is 5.85. The minimum atomic E-state index is -0.234. The van der Waals surface area contributed by atoms with Gasteiger partial charge in [0.25, 0.3) is 5.91 Å². The molecule has 10 heteroatoms.